The summed E-state index contributed by atoms with van der Waals surface area (Å²) in [5.74, 6) is 0. The SMILES string of the molecule is C=C(C)CN(CC)S(=O)(=O)c1c(C)csc1CNC. The Labute approximate surface area is 120 Å². The Bertz CT molecular complexity index is 547. The van der Waals surface area contributed by atoms with Gasteiger partial charge in [-0.3, -0.25) is 0 Å². The van der Waals surface area contributed by atoms with Crippen LogP contribution in [0.1, 0.15) is 24.3 Å². The molecule has 4 nitrogen and oxygen atoms in total. The van der Waals surface area contributed by atoms with Gasteiger partial charge >= 0.3 is 0 Å². The summed E-state index contributed by atoms with van der Waals surface area (Å²) in [5.41, 5.74) is 1.66. The molecule has 1 heterocycles. The van der Waals surface area contributed by atoms with E-state index in [1.807, 2.05) is 33.2 Å². The van der Waals surface area contributed by atoms with Crippen LogP contribution < -0.4 is 5.32 Å². The van der Waals surface area contributed by atoms with Gasteiger partial charge in [0, 0.05) is 24.5 Å². The van der Waals surface area contributed by atoms with Crippen molar-refractivity contribution in [3.8, 4) is 0 Å². The third kappa shape index (κ3) is 3.66. The smallest absolute Gasteiger partial charge is 0.244 e. The molecule has 19 heavy (non-hydrogen) atoms. The quantitative estimate of drug-likeness (QED) is 0.787. The number of hydrogen-bond acceptors (Lipinski definition) is 4. The highest BCUT2D eigenvalue weighted by atomic mass is 32.2. The molecule has 0 saturated carbocycles. The topological polar surface area (TPSA) is 49.4 Å². The maximum Gasteiger partial charge on any atom is 0.244 e. The van der Waals surface area contributed by atoms with E-state index in [1.165, 1.54) is 15.6 Å². The number of sulfonamides is 1. The number of thiophene rings is 1. The molecular formula is C13H22N2O2S2. The Morgan fingerprint density at radius 3 is 2.63 bits per heavy atom. The van der Waals surface area contributed by atoms with Crippen molar-refractivity contribution in [3.05, 3.63) is 28.0 Å². The Hall–Kier alpha value is -0.690. The lowest BCUT2D eigenvalue weighted by atomic mass is 10.3. The van der Waals surface area contributed by atoms with Crippen molar-refractivity contribution in [3.63, 3.8) is 0 Å². The van der Waals surface area contributed by atoms with E-state index in [1.54, 1.807) is 0 Å². The first-order chi connectivity index (χ1) is 8.84. The first kappa shape index (κ1) is 16.4. The van der Waals surface area contributed by atoms with Gasteiger partial charge in [0.25, 0.3) is 0 Å². The lowest BCUT2D eigenvalue weighted by Crippen LogP contribution is -2.33. The first-order valence-electron chi connectivity index (χ1n) is 6.20. The molecule has 0 radical (unpaired) electrons. The molecule has 0 aromatic carbocycles. The molecule has 0 aliphatic heterocycles. The highest BCUT2D eigenvalue weighted by Crippen LogP contribution is 2.29. The van der Waals surface area contributed by atoms with Crippen LogP contribution in [0.5, 0.6) is 0 Å². The second-order valence-corrected chi connectivity index (χ2v) is 7.43. The molecule has 0 amide bonds. The van der Waals surface area contributed by atoms with Crippen LogP contribution in [0.25, 0.3) is 0 Å². The van der Waals surface area contributed by atoms with Gasteiger partial charge in [-0.05, 0) is 31.8 Å². The maximum atomic E-state index is 12.7. The van der Waals surface area contributed by atoms with Crippen molar-refractivity contribution >= 4 is 21.4 Å². The summed E-state index contributed by atoms with van der Waals surface area (Å²) in [4.78, 5) is 1.31. The Morgan fingerprint density at radius 2 is 2.16 bits per heavy atom. The highest BCUT2D eigenvalue weighted by Gasteiger charge is 2.28. The van der Waals surface area contributed by atoms with Crippen molar-refractivity contribution < 1.29 is 8.42 Å². The molecule has 1 aromatic rings. The molecule has 1 N–H and O–H groups in total. The lowest BCUT2D eigenvalue weighted by Gasteiger charge is -2.21. The summed E-state index contributed by atoms with van der Waals surface area (Å²) in [7, 11) is -1.63. The van der Waals surface area contributed by atoms with Crippen LogP contribution in [0, 0.1) is 6.92 Å². The number of hydrogen-bond donors (Lipinski definition) is 1. The molecule has 1 rings (SSSR count). The predicted octanol–water partition coefficient (Wildman–Crippen LogP) is 2.36. The van der Waals surface area contributed by atoms with Gasteiger partial charge in [-0.1, -0.05) is 19.1 Å². The van der Waals surface area contributed by atoms with E-state index in [0.29, 0.717) is 24.5 Å². The van der Waals surface area contributed by atoms with Gasteiger partial charge in [0.05, 0.1) is 0 Å². The van der Waals surface area contributed by atoms with Crippen LogP contribution in [0.4, 0.5) is 0 Å². The van der Waals surface area contributed by atoms with Crippen LogP contribution in [0.3, 0.4) is 0 Å². The van der Waals surface area contributed by atoms with Crippen LogP contribution in [-0.2, 0) is 16.6 Å². The van der Waals surface area contributed by atoms with Gasteiger partial charge in [-0.15, -0.1) is 11.3 Å². The molecule has 0 bridgehead atoms. The third-order valence-electron chi connectivity index (χ3n) is 2.72. The number of nitrogens with zero attached hydrogens (tertiary/aromatic N) is 1. The number of nitrogens with one attached hydrogen (secondary N) is 1. The second kappa shape index (κ2) is 6.65. The molecule has 0 unspecified atom stereocenters. The summed E-state index contributed by atoms with van der Waals surface area (Å²) in [6, 6.07) is 0. The van der Waals surface area contributed by atoms with Gasteiger partial charge in [0.15, 0.2) is 0 Å². The average Bonchev–Trinajstić information content (AvgIpc) is 2.68. The average molecular weight is 302 g/mol. The van der Waals surface area contributed by atoms with Gasteiger partial charge < -0.3 is 5.32 Å². The second-order valence-electron chi connectivity index (χ2n) is 4.59. The number of aryl methyl sites for hydroxylation is 1. The fourth-order valence-electron chi connectivity index (χ4n) is 1.91. The monoisotopic (exact) mass is 302 g/mol. The minimum atomic E-state index is -3.44. The normalized spacial score (nSPS) is 12.1. The molecule has 0 saturated heterocycles. The fourth-order valence-corrected chi connectivity index (χ4v) is 5.19. The summed E-state index contributed by atoms with van der Waals surface area (Å²) < 4.78 is 27.0. The van der Waals surface area contributed by atoms with E-state index in [2.05, 4.69) is 11.9 Å². The van der Waals surface area contributed by atoms with Crippen LogP contribution >= 0.6 is 11.3 Å². The van der Waals surface area contributed by atoms with Crippen molar-refractivity contribution in [2.75, 3.05) is 20.1 Å². The van der Waals surface area contributed by atoms with E-state index < -0.39 is 10.0 Å². The Balaban J connectivity index is 3.25. The van der Waals surface area contributed by atoms with Crippen molar-refractivity contribution in [1.82, 2.24) is 9.62 Å². The van der Waals surface area contributed by atoms with E-state index >= 15 is 0 Å². The summed E-state index contributed by atoms with van der Waals surface area (Å²) in [5, 5.41) is 4.91. The molecule has 6 heteroatoms. The largest absolute Gasteiger partial charge is 0.315 e. The molecule has 0 spiro atoms. The molecule has 108 valence electrons. The van der Waals surface area contributed by atoms with E-state index in [9.17, 15) is 8.42 Å². The van der Waals surface area contributed by atoms with E-state index in [-0.39, 0.29) is 0 Å². The van der Waals surface area contributed by atoms with Gasteiger partial charge in [-0.25, -0.2) is 8.42 Å². The Morgan fingerprint density at radius 1 is 1.53 bits per heavy atom. The van der Waals surface area contributed by atoms with Crippen LogP contribution in [-0.4, -0.2) is 32.9 Å². The molecule has 0 aliphatic carbocycles. The highest BCUT2D eigenvalue weighted by molar-refractivity contribution is 7.89. The number of rotatable bonds is 7. The van der Waals surface area contributed by atoms with E-state index in [4.69, 9.17) is 0 Å². The first-order valence-corrected chi connectivity index (χ1v) is 8.52. The Kier molecular flexibility index (Phi) is 5.73. The fraction of sp³-hybridized carbons (Fsp3) is 0.538. The van der Waals surface area contributed by atoms with Crippen molar-refractivity contribution in [2.24, 2.45) is 0 Å². The minimum absolute atomic E-state index is 0.368. The van der Waals surface area contributed by atoms with Crippen molar-refractivity contribution in [1.29, 1.82) is 0 Å². The summed E-state index contributed by atoms with van der Waals surface area (Å²) >= 11 is 1.48. The van der Waals surface area contributed by atoms with E-state index in [0.717, 1.165) is 16.0 Å². The minimum Gasteiger partial charge on any atom is -0.315 e. The molecule has 0 atom stereocenters. The van der Waals surface area contributed by atoms with Gasteiger partial charge in [0.2, 0.25) is 10.0 Å². The molecule has 0 aliphatic rings. The summed E-state index contributed by atoms with van der Waals surface area (Å²) in [6.07, 6.45) is 0. The molecule has 0 fully saturated rings. The maximum absolute atomic E-state index is 12.7. The summed E-state index contributed by atoms with van der Waals surface area (Å²) in [6.45, 7) is 10.7. The zero-order valence-electron chi connectivity index (χ0n) is 12.0. The lowest BCUT2D eigenvalue weighted by molar-refractivity contribution is 0.452. The zero-order chi connectivity index (χ0) is 14.6. The standard InChI is InChI=1S/C13H22N2O2S2/c1-6-15(8-10(2)3)19(16,17)13-11(4)9-18-12(13)7-14-5/h9,14H,2,6-8H2,1,3-5H3. The number of likely N-dealkylation sites (N-methyl/N-ethyl adjacent to an activating group) is 1. The van der Waals surface area contributed by atoms with Crippen molar-refractivity contribution in [2.45, 2.75) is 32.2 Å². The predicted molar refractivity (Wildman–Crippen MR) is 81.1 cm³/mol. The van der Waals surface area contributed by atoms with Gasteiger partial charge in [0.1, 0.15) is 4.90 Å². The molecular weight excluding hydrogens is 280 g/mol. The van der Waals surface area contributed by atoms with Gasteiger partial charge in [-0.2, -0.15) is 4.31 Å². The third-order valence-corrected chi connectivity index (χ3v) is 6.11. The molecule has 1 aromatic heterocycles. The zero-order valence-corrected chi connectivity index (χ0v) is 13.6. The van der Waals surface area contributed by atoms with Crippen LogP contribution in [0.15, 0.2) is 22.4 Å². The van der Waals surface area contributed by atoms with Crippen LogP contribution in [0.2, 0.25) is 0 Å².